The monoisotopic (exact) mass is 150 g/mol. The zero-order valence-corrected chi connectivity index (χ0v) is 5.61. The second-order valence-electron chi connectivity index (χ2n) is 2.59. The molecule has 2 aliphatic carbocycles. The molecule has 0 amide bonds. The minimum atomic E-state index is -1.75. The Morgan fingerprint density at radius 1 is 1.27 bits per heavy atom. The molecule has 0 aromatic carbocycles. The molecule has 0 aromatic heterocycles. The van der Waals surface area contributed by atoms with Crippen LogP contribution in [0.5, 0.6) is 0 Å². The van der Waals surface area contributed by atoms with Crippen LogP contribution in [0.3, 0.4) is 0 Å². The highest BCUT2D eigenvalue weighted by atomic mass is 16.4. The lowest BCUT2D eigenvalue weighted by Crippen LogP contribution is -2.37. The van der Waals surface area contributed by atoms with Gasteiger partial charge in [0.15, 0.2) is 0 Å². The van der Waals surface area contributed by atoms with E-state index in [1.165, 1.54) is 0 Å². The Morgan fingerprint density at radius 2 is 1.73 bits per heavy atom. The molecular weight excluding hydrogens is 144 g/mol. The minimum absolute atomic E-state index is 0.444. The summed E-state index contributed by atoms with van der Waals surface area (Å²) >= 11 is 0. The van der Waals surface area contributed by atoms with E-state index in [1.807, 2.05) is 0 Å². The quantitative estimate of drug-likeness (QED) is 0.562. The van der Waals surface area contributed by atoms with Gasteiger partial charge in [-0.05, 0) is 11.1 Å². The van der Waals surface area contributed by atoms with E-state index in [2.05, 4.69) is 0 Å². The number of carboxylic acids is 1. The molecule has 2 bridgehead atoms. The first kappa shape index (κ1) is 6.37. The molecule has 0 unspecified atom stereocenters. The molecule has 0 atom stereocenters. The molecule has 0 spiro atoms. The van der Waals surface area contributed by atoms with Gasteiger partial charge < -0.3 is 10.2 Å². The molecule has 0 saturated carbocycles. The van der Waals surface area contributed by atoms with Crippen LogP contribution in [-0.4, -0.2) is 21.8 Å². The summed E-state index contributed by atoms with van der Waals surface area (Å²) in [5.74, 6) is -1.21. The summed E-state index contributed by atoms with van der Waals surface area (Å²) in [6.07, 6.45) is 6.46. The summed E-state index contributed by atoms with van der Waals surface area (Å²) in [5.41, 5.74) is -0.861. The fraction of sp³-hybridized carbons (Fsp3) is 0.125. The number of fused-ring (bicyclic) bond motifs is 2. The molecule has 2 aliphatic rings. The maximum Gasteiger partial charge on any atom is 0.345 e. The normalized spacial score (nSPS) is 23.4. The van der Waals surface area contributed by atoms with Crippen molar-refractivity contribution in [3.8, 4) is 0 Å². The average molecular weight is 150 g/mol. The molecule has 0 radical (unpaired) electrons. The predicted octanol–water partition coefficient (Wildman–Crippen LogP) is 0.238. The number of carboxylic acid groups (broad SMARTS) is 1. The summed E-state index contributed by atoms with van der Waals surface area (Å²) in [4.78, 5) is 10.6. The molecule has 56 valence electrons. The second kappa shape index (κ2) is 1.62. The molecule has 0 saturated heterocycles. The van der Waals surface area contributed by atoms with Crippen molar-refractivity contribution in [2.45, 2.75) is 5.60 Å². The van der Waals surface area contributed by atoms with Gasteiger partial charge in [-0.2, -0.15) is 0 Å². The Morgan fingerprint density at radius 3 is 1.91 bits per heavy atom. The van der Waals surface area contributed by atoms with E-state index in [9.17, 15) is 9.90 Å². The van der Waals surface area contributed by atoms with Crippen LogP contribution < -0.4 is 0 Å². The Kier molecular flexibility index (Phi) is 0.940. The highest BCUT2D eigenvalue weighted by Gasteiger charge is 2.47. The molecule has 11 heavy (non-hydrogen) atoms. The first-order chi connectivity index (χ1) is 5.15. The lowest BCUT2D eigenvalue weighted by atomic mass is 9.97. The van der Waals surface area contributed by atoms with E-state index >= 15 is 0 Å². The second-order valence-corrected chi connectivity index (χ2v) is 2.59. The van der Waals surface area contributed by atoms with Gasteiger partial charge in [-0.1, -0.05) is 24.3 Å². The maximum absolute atomic E-state index is 10.6. The first-order valence-electron chi connectivity index (χ1n) is 3.22. The average Bonchev–Trinajstić information content (AvgIpc) is 2.46. The molecule has 2 N–H and O–H groups in total. The third-order valence-corrected chi connectivity index (χ3v) is 2.03. The number of carbonyl (C=O) groups is 1. The van der Waals surface area contributed by atoms with Crippen LogP contribution in [0, 0.1) is 0 Å². The first-order valence-corrected chi connectivity index (χ1v) is 3.22. The van der Waals surface area contributed by atoms with Crippen LogP contribution in [0.4, 0.5) is 0 Å². The molecule has 0 aliphatic heterocycles. The Labute approximate surface area is 63.0 Å². The van der Waals surface area contributed by atoms with Crippen molar-refractivity contribution >= 4 is 5.97 Å². The highest BCUT2D eigenvalue weighted by molar-refractivity contribution is 5.92. The SMILES string of the molecule is O=C(O)C1(O)C2=CC=C1C=C2. The highest BCUT2D eigenvalue weighted by Crippen LogP contribution is 2.38. The van der Waals surface area contributed by atoms with E-state index in [0.717, 1.165) is 0 Å². The van der Waals surface area contributed by atoms with Crippen molar-refractivity contribution in [1.29, 1.82) is 0 Å². The van der Waals surface area contributed by atoms with Gasteiger partial charge in [0.25, 0.3) is 0 Å². The minimum Gasteiger partial charge on any atom is -0.479 e. The topological polar surface area (TPSA) is 57.5 Å². The third-order valence-electron chi connectivity index (χ3n) is 2.03. The lowest BCUT2D eigenvalue weighted by molar-refractivity contribution is -0.150. The van der Waals surface area contributed by atoms with Crippen LogP contribution in [-0.2, 0) is 4.79 Å². The van der Waals surface area contributed by atoms with E-state index in [4.69, 9.17) is 5.11 Å². The van der Waals surface area contributed by atoms with Gasteiger partial charge in [-0.15, -0.1) is 0 Å². The van der Waals surface area contributed by atoms with E-state index < -0.39 is 11.6 Å². The number of hydrogen-bond donors (Lipinski definition) is 2. The van der Waals surface area contributed by atoms with Crippen molar-refractivity contribution < 1.29 is 15.0 Å². The van der Waals surface area contributed by atoms with E-state index in [1.54, 1.807) is 24.3 Å². The lowest BCUT2D eigenvalue weighted by Gasteiger charge is -2.16. The fourth-order valence-electron chi connectivity index (χ4n) is 1.37. The number of aliphatic carboxylic acids is 1. The Hall–Kier alpha value is -1.35. The number of hydrogen-bond acceptors (Lipinski definition) is 2. The number of allylic oxidation sites excluding steroid dienone is 2. The van der Waals surface area contributed by atoms with Crippen LogP contribution in [0.2, 0.25) is 0 Å². The molecule has 3 heteroatoms. The maximum atomic E-state index is 10.6. The number of rotatable bonds is 1. The Bertz CT molecular complexity index is 298. The molecular formula is C8H6O3. The zero-order valence-electron chi connectivity index (χ0n) is 5.61. The van der Waals surface area contributed by atoms with Crippen LogP contribution in [0.1, 0.15) is 0 Å². The predicted molar refractivity (Wildman–Crippen MR) is 37.9 cm³/mol. The van der Waals surface area contributed by atoms with Gasteiger partial charge in [0.1, 0.15) is 0 Å². The molecule has 3 nitrogen and oxygen atoms in total. The summed E-state index contributed by atoms with van der Waals surface area (Å²) in [6, 6.07) is 0. The smallest absolute Gasteiger partial charge is 0.345 e. The van der Waals surface area contributed by atoms with E-state index in [-0.39, 0.29) is 0 Å². The van der Waals surface area contributed by atoms with Gasteiger partial charge in [0.05, 0.1) is 0 Å². The largest absolute Gasteiger partial charge is 0.479 e. The molecule has 2 rings (SSSR count). The van der Waals surface area contributed by atoms with Gasteiger partial charge in [0, 0.05) is 0 Å². The molecule has 0 fully saturated rings. The van der Waals surface area contributed by atoms with Crippen molar-refractivity contribution in [1.82, 2.24) is 0 Å². The number of aliphatic hydroxyl groups is 1. The van der Waals surface area contributed by atoms with Crippen molar-refractivity contribution in [3.05, 3.63) is 35.5 Å². The fourth-order valence-corrected chi connectivity index (χ4v) is 1.37. The van der Waals surface area contributed by atoms with E-state index in [0.29, 0.717) is 11.1 Å². The zero-order chi connectivity index (χ0) is 8.06. The van der Waals surface area contributed by atoms with Crippen molar-refractivity contribution in [2.75, 3.05) is 0 Å². The van der Waals surface area contributed by atoms with Gasteiger partial charge >= 0.3 is 5.97 Å². The summed E-state index contributed by atoms with van der Waals surface area (Å²) in [6.45, 7) is 0. The third kappa shape index (κ3) is 0.539. The van der Waals surface area contributed by atoms with Crippen LogP contribution in [0.25, 0.3) is 0 Å². The molecule has 0 heterocycles. The van der Waals surface area contributed by atoms with Gasteiger partial charge in [-0.3, -0.25) is 0 Å². The van der Waals surface area contributed by atoms with Crippen molar-refractivity contribution in [3.63, 3.8) is 0 Å². The van der Waals surface area contributed by atoms with Gasteiger partial charge in [0.2, 0.25) is 5.60 Å². The Balaban J connectivity index is 2.56. The van der Waals surface area contributed by atoms with Crippen LogP contribution in [0.15, 0.2) is 35.5 Å². The van der Waals surface area contributed by atoms with Gasteiger partial charge in [-0.25, -0.2) is 4.79 Å². The summed E-state index contributed by atoms with van der Waals surface area (Å²) in [5, 5.41) is 18.3. The van der Waals surface area contributed by atoms with Crippen molar-refractivity contribution in [2.24, 2.45) is 0 Å². The molecule has 0 aromatic rings. The summed E-state index contributed by atoms with van der Waals surface area (Å²) < 4.78 is 0. The summed E-state index contributed by atoms with van der Waals surface area (Å²) in [7, 11) is 0. The van der Waals surface area contributed by atoms with Crippen LogP contribution >= 0.6 is 0 Å². The standard InChI is InChI=1S/C8H6O3/c9-7(10)8(11)5-1-2-6(8)4-3-5/h1-4,11H,(H,9,10).